The molecular weight excluding hydrogens is 530 g/mol. The molecule has 0 rings (SSSR count). The lowest BCUT2D eigenvalue weighted by Gasteiger charge is -2.21. The third kappa shape index (κ3) is 35.2. The average molecular weight is 606 g/mol. The van der Waals surface area contributed by atoms with Crippen LogP contribution in [0, 0.1) is 0 Å². The van der Waals surface area contributed by atoms with Crippen molar-refractivity contribution in [3.63, 3.8) is 0 Å². The molecule has 0 aromatic carbocycles. The van der Waals surface area contributed by atoms with E-state index >= 15 is 0 Å². The number of carbonyl (C=O) groups is 1. The molecule has 0 aromatic rings. The van der Waals surface area contributed by atoms with Crippen LogP contribution in [0.1, 0.15) is 187 Å². The molecule has 0 aromatic heterocycles. The van der Waals surface area contributed by atoms with Crippen molar-refractivity contribution in [2.45, 2.75) is 187 Å². The number of carbonyl (C=O) groups excluding carboxylic acids is 1. The van der Waals surface area contributed by atoms with Crippen LogP contribution in [0.2, 0.25) is 0 Å². The highest BCUT2D eigenvalue weighted by atomic mass is 16.5. The zero-order valence-corrected chi connectivity index (χ0v) is 29.1. The average Bonchev–Trinajstić information content (AvgIpc) is 3.01. The van der Waals surface area contributed by atoms with Crippen molar-refractivity contribution in [3.8, 4) is 0 Å². The molecule has 1 N–H and O–H groups in total. The molecule has 43 heavy (non-hydrogen) atoms. The number of rotatable bonds is 35. The van der Waals surface area contributed by atoms with Crippen LogP contribution in [0.25, 0.3) is 0 Å². The van der Waals surface area contributed by atoms with Crippen LogP contribution in [0.4, 0.5) is 0 Å². The van der Waals surface area contributed by atoms with Gasteiger partial charge in [-0.1, -0.05) is 147 Å². The van der Waals surface area contributed by atoms with Gasteiger partial charge in [0.15, 0.2) is 0 Å². The molecule has 0 saturated heterocycles. The van der Waals surface area contributed by atoms with Gasteiger partial charge in [0.25, 0.3) is 0 Å². The van der Waals surface area contributed by atoms with Crippen LogP contribution >= 0.6 is 0 Å². The molecule has 0 amide bonds. The maximum atomic E-state index is 11.9. The smallest absolute Gasteiger partial charge is 0.305 e. The van der Waals surface area contributed by atoms with E-state index in [0.29, 0.717) is 13.0 Å². The summed E-state index contributed by atoms with van der Waals surface area (Å²) < 4.78 is 5.39. The Kier molecular flexibility index (Phi) is 36.1. The van der Waals surface area contributed by atoms with E-state index in [2.05, 4.69) is 43.1 Å². The first-order valence-electron chi connectivity index (χ1n) is 19.0. The fraction of sp³-hybridized carbons (Fsp3) is 0.872. The molecular formula is C39H75NO3. The summed E-state index contributed by atoms with van der Waals surface area (Å²) in [5, 5.41) is 9.46. The second-order valence-corrected chi connectivity index (χ2v) is 12.7. The van der Waals surface area contributed by atoms with Gasteiger partial charge in [-0.2, -0.15) is 0 Å². The zero-order chi connectivity index (χ0) is 31.3. The number of aliphatic hydroxyl groups is 1. The summed E-state index contributed by atoms with van der Waals surface area (Å²) in [5.41, 5.74) is 0. The molecule has 0 unspecified atom stereocenters. The van der Waals surface area contributed by atoms with Crippen molar-refractivity contribution >= 4 is 5.97 Å². The van der Waals surface area contributed by atoms with Crippen molar-refractivity contribution in [2.24, 2.45) is 0 Å². The van der Waals surface area contributed by atoms with Crippen molar-refractivity contribution < 1.29 is 14.6 Å². The van der Waals surface area contributed by atoms with E-state index < -0.39 is 0 Å². The Morgan fingerprint density at radius 3 is 1.53 bits per heavy atom. The monoisotopic (exact) mass is 606 g/mol. The first-order chi connectivity index (χ1) is 21.2. The second kappa shape index (κ2) is 37.1. The topological polar surface area (TPSA) is 49.8 Å². The Morgan fingerprint density at radius 1 is 0.535 bits per heavy atom. The molecule has 0 atom stereocenters. The fourth-order valence-electron chi connectivity index (χ4n) is 5.61. The summed E-state index contributed by atoms with van der Waals surface area (Å²) in [4.78, 5) is 14.4. The van der Waals surface area contributed by atoms with E-state index in [1.54, 1.807) is 0 Å². The molecule has 0 spiro atoms. The highest BCUT2D eigenvalue weighted by molar-refractivity contribution is 5.69. The summed E-state index contributed by atoms with van der Waals surface area (Å²) in [6.07, 6.45) is 42.6. The van der Waals surface area contributed by atoms with Gasteiger partial charge in [0, 0.05) is 13.0 Å². The van der Waals surface area contributed by atoms with Crippen LogP contribution in [-0.4, -0.2) is 48.8 Å². The Morgan fingerprint density at radius 2 is 0.977 bits per heavy atom. The third-order valence-electron chi connectivity index (χ3n) is 8.46. The Hall–Kier alpha value is -1.13. The molecule has 0 bridgehead atoms. The lowest BCUT2D eigenvalue weighted by Crippen LogP contribution is -2.29. The quantitative estimate of drug-likeness (QED) is 0.0443. The Balaban J connectivity index is 3.50. The van der Waals surface area contributed by atoms with Gasteiger partial charge in [0.1, 0.15) is 0 Å². The zero-order valence-electron chi connectivity index (χ0n) is 29.1. The molecule has 0 aliphatic rings. The maximum absolute atomic E-state index is 11.9. The molecule has 0 aliphatic heterocycles. The van der Waals surface area contributed by atoms with Crippen LogP contribution in [0.5, 0.6) is 0 Å². The third-order valence-corrected chi connectivity index (χ3v) is 8.46. The second-order valence-electron chi connectivity index (χ2n) is 12.7. The Bertz CT molecular complexity index is 603. The summed E-state index contributed by atoms with van der Waals surface area (Å²) >= 11 is 0. The molecule has 4 nitrogen and oxygen atoms in total. The van der Waals surface area contributed by atoms with Gasteiger partial charge in [-0.15, -0.1) is 0 Å². The number of esters is 1. The van der Waals surface area contributed by atoms with Crippen LogP contribution < -0.4 is 0 Å². The van der Waals surface area contributed by atoms with Gasteiger partial charge in [0.2, 0.25) is 0 Å². The van der Waals surface area contributed by atoms with Gasteiger partial charge in [-0.25, -0.2) is 0 Å². The lowest BCUT2D eigenvalue weighted by molar-refractivity contribution is -0.143. The molecule has 0 fully saturated rings. The first kappa shape index (κ1) is 41.9. The van der Waals surface area contributed by atoms with Crippen molar-refractivity contribution in [1.82, 2.24) is 4.90 Å². The van der Waals surface area contributed by atoms with Crippen LogP contribution in [0.15, 0.2) is 24.3 Å². The summed E-state index contributed by atoms with van der Waals surface area (Å²) in [5.74, 6) is -0.0140. The minimum absolute atomic E-state index is 0.0140. The number of allylic oxidation sites excluding steroid dienone is 4. The van der Waals surface area contributed by atoms with E-state index in [9.17, 15) is 9.90 Å². The lowest BCUT2D eigenvalue weighted by atomic mass is 10.1. The van der Waals surface area contributed by atoms with Gasteiger partial charge in [-0.3, -0.25) is 4.79 Å². The van der Waals surface area contributed by atoms with E-state index in [4.69, 9.17) is 4.74 Å². The van der Waals surface area contributed by atoms with Crippen molar-refractivity contribution in [3.05, 3.63) is 24.3 Å². The van der Waals surface area contributed by atoms with E-state index in [1.165, 1.54) is 141 Å². The predicted octanol–water partition coefficient (Wildman–Crippen LogP) is 11.5. The summed E-state index contributed by atoms with van der Waals surface area (Å²) in [7, 11) is 0. The molecule has 0 saturated carbocycles. The van der Waals surface area contributed by atoms with Gasteiger partial charge < -0.3 is 14.7 Å². The van der Waals surface area contributed by atoms with E-state index in [-0.39, 0.29) is 12.6 Å². The Labute approximate surface area is 269 Å². The number of hydrogen-bond donors (Lipinski definition) is 1. The summed E-state index contributed by atoms with van der Waals surface area (Å²) in [6.45, 7) is 8.36. The molecule has 0 radical (unpaired) electrons. The molecule has 0 aliphatic carbocycles. The minimum atomic E-state index is -0.0140. The highest BCUT2D eigenvalue weighted by Gasteiger charge is 2.05. The molecule has 0 heterocycles. The first-order valence-corrected chi connectivity index (χ1v) is 19.0. The van der Waals surface area contributed by atoms with Crippen LogP contribution in [-0.2, 0) is 9.53 Å². The molecule has 254 valence electrons. The van der Waals surface area contributed by atoms with Gasteiger partial charge >= 0.3 is 5.97 Å². The highest BCUT2D eigenvalue weighted by Crippen LogP contribution is 2.12. The fourth-order valence-corrected chi connectivity index (χ4v) is 5.61. The minimum Gasteiger partial charge on any atom is -0.466 e. The van der Waals surface area contributed by atoms with E-state index in [1.807, 2.05) is 0 Å². The number of nitrogens with zero attached hydrogens (tertiary/aromatic N) is 1. The van der Waals surface area contributed by atoms with Crippen LogP contribution in [0.3, 0.4) is 0 Å². The number of ether oxygens (including phenoxy) is 1. The standard InChI is InChI=1S/C39H75NO3/c1-3-5-7-9-11-12-13-14-15-16-17-18-19-20-21-22-26-30-34-40(36-37-41)35-31-27-24-25-29-33-39(42)43-38-32-28-23-10-8-6-4-2/h11-12,14-15,41H,3-10,13,16-38H2,1-2H3/b12-11-,15-14-. The van der Waals surface area contributed by atoms with E-state index in [0.717, 1.165) is 45.3 Å². The van der Waals surface area contributed by atoms with Gasteiger partial charge in [-0.05, 0) is 70.9 Å². The van der Waals surface area contributed by atoms with Crippen molar-refractivity contribution in [2.75, 3.05) is 32.8 Å². The number of unbranched alkanes of at least 4 members (excludes halogenated alkanes) is 21. The summed E-state index contributed by atoms with van der Waals surface area (Å²) in [6, 6.07) is 0. The molecule has 4 heteroatoms. The maximum Gasteiger partial charge on any atom is 0.305 e. The number of aliphatic hydroxyl groups excluding tert-OH is 1. The van der Waals surface area contributed by atoms with Gasteiger partial charge in [0.05, 0.1) is 13.2 Å². The predicted molar refractivity (Wildman–Crippen MR) is 189 cm³/mol. The normalized spacial score (nSPS) is 11.9. The SMILES string of the molecule is CCCCC/C=C\C/C=C\CCCCCCCCCCN(CCO)CCCCCCCC(=O)OCCCCCCCCC. The number of hydrogen-bond acceptors (Lipinski definition) is 4. The largest absolute Gasteiger partial charge is 0.466 e. The van der Waals surface area contributed by atoms with Crippen molar-refractivity contribution in [1.29, 1.82) is 0 Å².